The molecule has 0 bridgehead atoms. The average molecular weight is 224 g/mol. The van der Waals surface area contributed by atoms with Gasteiger partial charge in [0.25, 0.3) is 0 Å². The maximum Gasteiger partial charge on any atom is 0.000978 e. The maximum absolute atomic E-state index is 5.80. The fourth-order valence-corrected chi connectivity index (χ4v) is 2.15. The van der Waals surface area contributed by atoms with Crippen molar-refractivity contribution in [1.82, 2.24) is 4.90 Å². The molecule has 2 nitrogen and oxygen atoms in total. The molecule has 0 amide bonds. The lowest BCUT2D eigenvalue weighted by molar-refractivity contribution is 0.207. The van der Waals surface area contributed by atoms with E-state index in [4.69, 9.17) is 5.73 Å². The summed E-state index contributed by atoms with van der Waals surface area (Å²) in [5.74, 6) is 2.06. The molecule has 2 aliphatic rings. The number of rotatable bonds is 8. The van der Waals surface area contributed by atoms with Crippen molar-refractivity contribution < 1.29 is 0 Å². The monoisotopic (exact) mass is 224 g/mol. The number of nitrogens with two attached hydrogens (primary N) is 1. The van der Waals surface area contributed by atoms with Gasteiger partial charge in [-0.2, -0.15) is 0 Å². The second kappa shape index (κ2) is 5.05. The summed E-state index contributed by atoms with van der Waals surface area (Å²) in [7, 11) is 0. The molecule has 0 atom stereocenters. The van der Waals surface area contributed by atoms with Gasteiger partial charge in [0.05, 0.1) is 0 Å². The van der Waals surface area contributed by atoms with Crippen LogP contribution in [0.5, 0.6) is 0 Å². The Bertz CT molecular complexity index is 203. The summed E-state index contributed by atoms with van der Waals surface area (Å²) >= 11 is 0. The molecule has 0 aliphatic heterocycles. The van der Waals surface area contributed by atoms with E-state index in [9.17, 15) is 0 Å². The average Bonchev–Trinajstić information content (AvgIpc) is 3.09. The molecule has 2 N–H and O–H groups in total. The Balaban J connectivity index is 1.71. The first-order valence-corrected chi connectivity index (χ1v) is 7.01. The molecule has 94 valence electrons. The molecule has 0 heterocycles. The van der Waals surface area contributed by atoms with E-state index in [1.165, 1.54) is 51.7 Å². The van der Waals surface area contributed by atoms with Crippen molar-refractivity contribution in [1.29, 1.82) is 0 Å². The number of hydrogen-bond donors (Lipinski definition) is 1. The predicted molar refractivity (Wildman–Crippen MR) is 69.3 cm³/mol. The zero-order chi connectivity index (χ0) is 11.6. The Hall–Kier alpha value is -0.0800. The molecule has 0 unspecified atom stereocenters. The van der Waals surface area contributed by atoms with Gasteiger partial charge in [-0.1, -0.05) is 13.8 Å². The fourth-order valence-electron chi connectivity index (χ4n) is 2.15. The van der Waals surface area contributed by atoms with Crippen molar-refractivity contribution in [2.75, 3.05) is 26.2 Å². The summed E-state index contributed by atoms with van der Waals surface area (Å²) < 4.78 is 0. The van der Waals surface area contributed by atoms with Crippen LogP contribution in [0.25, 0.3) is 0 Å². The number of hydrogen-bond acceptors (Lipinski definition) is 2. The molecule has 2 rings (SSSR count). The molecule has 2 saturated carbocycles. The van der Waals surface area contributed by atoms with Crippen molar-refractivity contribution in [3.05, 3.63) is 0 Å². The van der Waals surface area contributed by atoms with E-state index in [1.54, 1.807) is 0 Å². The van der Waals surface area contributed by atoms with Gasteiger partial charge in [-0.15, -0.1) is 0 Å². The van der Waals surface area contributed by atoms with Gasteiger partial charge in [0, 0.05) is 13.1 Å². The summed E-state index contributed by atoms with van der Waals surface area (Å²) in [4.78, 5) is 2.72. The van der Waals surface area contributed by atoms with Gasteiger partial charge in [0.1, 0.15) is 0 Å². The first kappa shape index (κ1) is 12.4. The standard InChI is InChI=1S/C14H28N2/c1-14(2,11-15)7-8-16(9-12-3-4-12)10-13-5-6-13/h12-13H,3-11,15H2,1-2H3. The third-order valence-electron chi connectivity index (χ3n) is 4.08. The highest BCUT2D eigenvalue weighted by Crippen LogP contribution is 2.34. The predicted octanol–water partition coefficient (Wildman–Crippen LogP) is 2.48. The van der Waals surface area contributed by atoms with E-state index in [0.717, 1.165) is 18.4 Å². The largest absolute Gasteiger partial charge is 0.330 e. The van der Waals surface area contributed by atoms with E-state index in [2.05, 4.69) is 18.7 Å². The van der Waals surface area contributed by atoms with Crippen LogP contribution in [0.1, 0.15) is 46.0 Å². The van der Waals surface area contributed by atoms with E-state index in [0.29, 0.717) is 5.41 Å². The fraction of sp³-hybridized carbons (Fsp3) is 1.00. The van der Waals surface area contributed by atoms with Gasteiger partial charge in [0.15, 0.2) is 0 Å². The van der Waals surface area contributed by atoms with Crippen molar-refractivity contribution in [2.24, 2.45) is 23.0 Å². The summed E-state index contributed by atoms with van der Waals surface area (Å²) in [5, 5.41) is 0. The second-order valence-corrected chi connectivity index (χ2v) is 6.76. The summed E-state index contributed by atoms with van der Waals surface area (Å²) in [6.45, 7) is 9.37. The Morgan fingerprint density at radius 3 is 1.94 bits per heavy atom. The topological polar surface area (TPSA) is 29.3 Å². The Morgan fingerprint density at radius 2 is 1.56 bits per heavy atom. The molecule has 16 heavy (non-hydrogen) atoms. The van der Waals surface area contributed by atoms with Gasteiger partial charge in [-0.25, -0.2) is 0 Å². The zero-order valence-electron chi connectivity index (χ0n) is 11.0. The quantitative estimate of drug-likeness (QED) is 0.686. The van der Waals surface area contributed by atoms with Gasteiger partial charge in [0.2, 0.25) is 0 Å². The lowest BCUT2D eigenvalue weighted by atomic mass is 9.89. The van der Waals surface area contributed by atoms with E-state index < -0.39 is 0 Å². The summed E-state index contributed by atoms with van der Waals surface area (Å²) in [5.41, 5.74) is 6.13. The van der Waals surface area contributed by atoms with Gasteiger partial charge >= 0.3 is 0 Å². The minimum absolute atomic E-state index is 0.325. The molecule has 2 fully saturated rings. The summed E-state index contributed by atoms with van der Waals surface area (Å²) in [6, 6.07) is 0. The summed E-state index contributed by atoms with van der Waals surface area (Å²) in [6.07, 6.45) is 7.15. The van der Waals surface area contributed by atoms with Crippen LogP contribution in [-0.2, 0) is 0 Å². The van der Waals surface area contributed by atoms with Crippen LogP contribution in [0.3, 0.4) is 0 Å². The molecule has 2 aliphatic carbocycles. The van der Waals surface area contributed by atoms with Crippen LogP contribution in [0.4, 0.5) is 0 Å². The zero-order valence-corrected chi connectivity index (χ0v) is 11.0. The normalized spacial score (nSPS) is 21.8. The molecule has 0 saturated heterocycles. The minimum Gasteiger partial charge on any atom is -0.330 e. The molecule has 0 aromatic heterocycles. The van der Waals surface area contributed by atoms with Crippen LogP contribution in [0.15, 0.2) is 0 Å². The van der Waals surface area contributed by atoms with Crippen molar-refractivity contribution in [2.45, 2.75) is 46.0 Å². The third kappa shape index (κ3) is 4.42. The van der Waals surface area contributed by atoms with Crippen molar-refractivity contribution in [3.8, 4) is 0 Å². The molecular weight excluding hydrogens is 196 g/mol. The van der Waals surface area contributed by atoms with Gasteiger partial charge in [-0.3, -0.25) is 0 Å². The lowest BCUT2D eigenvalue weighted by Gasteiger charge is -2.28. The van der Waals surface area contributed by atoms with Crippen molar-refractivity contribution >= 4 is 0 Å². The van der Waals surface area contributed by atoms with Gasteiger partial charge in [-0.05, 0) is 62.4 Å². The van der Waals surface area contributed by atoms with E-state index in [1.807, 2.05) is 0 Å². The van der Waals surface area contributed by atoms with Gasteiger partial charge < -0.3 is 10.6 Å². The van der Waals surface area contributed by atoms with E-state index in [-0.39, 0.29) is 0 Å². The SMILES string of the molecule is CC(C)(CN)CCN(CC1CC1)CC1CC1. The highest BCUT2D eigenvalue weighted by atomic mass is 15.1. The Kier molecular flexibility index (Phi) is 3.91. The molecular formula is C14H28N2. The van der Waals surface area contributed by atoms with Crippen LogP contribution in [0, 0.1) is 17.3 Å². The smallest absolute Gasteiger partial charge is 0.000978 e. The Labute approximate surface area is 101 Å². The van der Waals surface area contributed by atoms with E-state index >= 15 is 0 Å². The Morgan fingerprint density at radius 1 is 1.06 bits per heavy atom. The molecule has 0 radical (unpaired) electrons. The highest BCUT2D eigenvalue weighted by molar-refractivity contribution is 4.83. The third-order valence-corrected chi connectivity index (χ3v) is 4.08. The second-order valence-electron chi connectivity index (χ2n) is 6.76. The molecule has 0 spiro atoms. The molecule has 2 heteroatoms. The molecule has 0 aromatic carbocycles. The van der Waals surface area contributed by atoms with Crippen molar-refractivity contribution in [3.63, 3.8) is 0 Å². The maximum atomic E-state index is 5.80. The van der Waals surface area contributed by atoms with Crippen LogP contribution in [-0.4, -0.2) is 31.1 Å². The first-order valence-electron chi connectivity index (χ1n) is 7.01. The minimum atomic E-state index is 0.325. The molecule has 0 aromatic rings. The number of nitrogens with zero attached hydrogens (tertiary/aromatic N) is 1. The first-order chi connectivity index (χ1) is 7.59. The van der Waals surface area contributed by atoms with Crippen LogP contribution in [0.2, 0.25) is 0 Å². The highest BCUT2D eigenvalue weighted by Gasteiger charge is 2.29. The van der Waals surface area contributed by atoms with Crippen LogP contribution < -0.4 is 5.73 Å². The lowest BCUT2D eigenvalue weighted by Crippen LogP contribution is -2.34. The van der Waals surface area contributed by atoms with Crippen LogP contribution >= 0.6 is 0 Å².